The molecule has 1 N–H and O–H groups in total. The fourth-order valence-electron chi connectivity index (χ4n) is 3.05. The van der Waals surface area contributed by atoms with Gasteiger partial charge in [-0.25, -0.2) is 13.2 Å². The molecule has 5 nitrogen and oxygen atoms in total. The van der Waals surface area contributed by atoms with Crippen molar-refractivity contribution in [2.24, 2.45) is 0 Å². The molecule has 2 aromatic rings. The number of carbonyl (C=O) groups is 1. The summed E-state index contributed by atoms with van der Waals surface area (Å²) in [6, 6.07) is 15.8. The molecule has 2 aromatic carbocycles. The normalized spacial score (nSPS) is 17.3. The van der Waals surface area contributed by atoms with Crippen LogP contribution >= 0.6 is 11.6 Å². The van der Waals surface area contributed by atoms with Crippen molar-refractivity contribution in [3.8, 4) is 0 Å². The van der Waals surface area contributed by atoms with E-state index in [1.54, 1.807) is 17.0 Å². The van der Waals surface area contributed by atoms with Crippen LogP contribution in [0.3, 0.4) is 0 Å². The van der Waals surface area contributed by atoms with Gasteiger partial charge in [-0.3, -0.25) is 0 Å². The van der Waals surface area contributed by atoms with E-state index in [0.29, 0.717) is 24.5 Å². The summed E-state index contributed by atoms with van der Waals surface area (Å²) in [5, 5.41) is 2.78. The molecule has 1 aliphatic heterocycles. The molecule has 1 aliphatic rings. The number of carbonyl (C=O) groups excluding carboxylic acids is 1. The number of hydrogen-bond acceptors (Lipinski definition) is 3. The van der Waals surface area contributed by atoms with E-state index in [0.717, 1.165) is 12.0 Å². The highest BCUT2D eigenvalue weighted by atomic mass is 35.5. The van der Waals surface area contributed by atoms with Gasteiger partial charge in [-0.2, -0.15) is 0 Å². The Morgan fingerprint density at radius 3 is 2.50 bits per heavy atom. The fraction of sp³-hybridized carbons (Fsp3) is 0.316. The van der Waals surface area contributed by atoms with Gasteiger partial charge < -0.3 is 10.2 Å². The second-order valence-corrected chi connectivity index (χ2v) is 8.99. The Kier molecular flexibility index (Phi) is 5.84. The second kappa shape index (κ2) is 8.10. The van der Waals surface area contributed by atoms with E-state index < -0.39 is 15.1 Å². The standard InChI is InChI=1S/C19H21ClN2O3S/c20-16-6-8-17(9-7-16)26(24,25)18-11-13-22(14-18)19(23)21-12-10-15-4-2-1-3-5-15/h1-9,18H,10-14H2,(H,21,23)/t18-/m0/s1. The number of amides is 2. The largest absolute Gasteiger partial charge is 0.338 e. The Morgan fingerprint density at radius 1 is 1.12 bits per heavy atom. The fourth-order valence-corrected chi connectivity index (χ4v) is 4.87. The summed E-state index contributed by atoms with van der Waals surface area (Å²) in [5.74, 6) is 0. The summed E-state index contributed by atoms with van der Waals surface area (Å²) in [5.41, 5.74) is 1.15. The topological polar surface area (TPSA) is 66.5 Å². The van der Waals surface area contributed by atoms with Gasteiger partial charge in [0.2, 0.25) is 0 Å². The zero-order valence-corrected chi connectivity index (χ0v) is 15.8. The van der Waals surface area contributed by atoms with Gasteiger partial charge in [0.1, 0.15) is 0 Å². The number of nitrogens with zero attached hydrogens (tertiary/aromatic N) is 1. The monoisotopic (exact) mass is 392 g/mol. The van der Waals surface area contributed by atoms with E-state index >= 15 is 0 Å². The summed E-state index contributed by atoms with van der Waals surface area (Å²) in [6.45, 7) is 1.17. The van der Waals surface area contributed by atoms with Gasteiger partial charge in [-0.05, 0) is 42.7 Å². The van der Waals surface area contributed by atoms with Crippen LogP contribution in [-0.4, -0.2) is 44.2 Å². The quantitative estimate of drug-likeness (QED) is 0.850. The SMILES string of the molecule is O=C(NCCc1ccccc1)N1CC[C@H](S(=O)(=O)c2ccc(Cl)cc2)C1. The molecule has 0 aliphatic carbocycles. The van der Waals surface area contributed by atoms with Crippen LogP contribution in [0.1, 0.15) is 12.0 Å². The summed E-state index contributed by atoms with van der Waals surface area (Å²) in [4.78, 5) is 14.1. The van der Waals surface area contributed by atoms with Crippen LogP contribution in [0.4, 0.5) is 4.79 Å². The van der Waals surface area contributed by atoms with Gasteiger partial charge in [0.15, 0.2) is 9.84 Å². The molecule has 3 rings (SSSR count). The van der Waals surface area contributed by atoms with Crippen LogP contribution in [0.2, 0.25) is 5.02 Å². The van der Waals surface area contributed by atoms with Gasteiger partial charge >= 0.3 is 6.03 Å². The van der Waals surface area contributed by atoms with Crippen molar-refractivity contribution < 1.29 is 13.2 Å². The molecule has 7 heteroatoms. The number of nitrogens with one attached hydrogen (secondary N) is 1. The van der Waals surface area contributed by atoms with E-state index in [4.69, 9.17) is 11.6 Å². The van der Waals surface area contributed by atoms with Crippen LogP contribution < -0.4 is 5.32 Å². The molecule has 1 atom stereocenters. The lowest BCUT2D eigenvalue weighted by atomic mass is 10.1. The molecule has 1 heterocycles. The second-order valence-electron chi connectivity index (χ2n) is 6.32. The van der Waals surface area contributed by atoms with Crippen molar-refractivity contribution >= 4 is 27.5 Å². The number of halogens is 1. The molecule has 0 saturated carbocycles. The van der Waals surface area contributed by atoms with E-state index in [-0.39, 0.29) is 17.5 Å². The third-order valence-electron chi connectivity index (χ3n) is 4.55. The van der Waals surface area contributed by atoms with E-state index in [2.05, 4.69) is 5.32 Å². The number of hydrogen-bond donors (Lipinski definition) is 1. The maximum Gasteiger partial charge on any atom is 0.317 e. The lowest BCUT2D eigenvalue weighted by Gasteiger charge is -2.17. The maximum atomic E-state index is 12.7. The molecule has 0 radical (unpaired) electrons. The van der Waals surface area contributed by atoms with Crippen molar-refractivity contribution in [3.63, 3.8) is 0 Å². The maximum absolute atomic E-state index is 12.7. The minimum Gasteiger partial charge on any atom is -0.338 e. The first-order valence-corrected chi connectivity index (χ1v) is 10.5. The van der Waals surface area contributed by atoms with Gasteiger partial charge in [-0.1, -0.05) is 41.9 Å². The predicted molar refractivity (Wildman–Crippen MR) is 102 cm³/mol. The number of urea groups is 1. The summed E-state index contributed by atoms with van der Waals surface area (Å²) >= 11 is 5.82. The molecular weight excluding hydrogens is 372 g/mol. The molecule has 2 amide bonds. The highest BCUT2D eigenvalue weighted by Crippen LogP contribution is 2.25. The first kappa shape index (κ1) is 18.7. The van der Waals surface area contributed by atoms with Crippen LogP contribution in [0.15, 0.2) is 59.5 Å². The molecule has 138 valence electrons. The minimum atomic E-state index is -3.47. The molecule has 0 bridgehead atoms. The molecule has 0 unspecified atom stereocenters. The predicted octanol–water partition coefficient (Wildman–Crippen LogP) is 3.14. The summed E-state index contributed by atoms with van der Waals surface area (Å²) in [6.07, 6.45) is 1.18. The van der Waals surface area contributed by atoms with Crippen molar-refractivity contribution in [2.45, 2.75) is 23.0 Å². The van der Waals surface area contributed by atoms with Gasteiger partial charge in [0, 0.05) is 24.7 Å². The Morgan fingerprint density at radius 2 is 1.81 bits per heavy atom. The molecular formula is C19H21ClN2O3S. The van der Waals surface area contributed by atoms with E-state index in [1.807, 2.05) is 30.3 Å². The third kappa shape index (κ3) is 4.37. The van der Waals surface area contributed by atoms with Crippen molar-refractivity contribution in [1.29, 1.82) is 0 Å². The third-order valence-corrected chi connectivity index (χ3v) is 6.99. The molecule has 0 spiro atoms. The van der Waals surface area contributed by atoms with Gasteiger partial charge in [-0.15, -0.1) is 0 Å². The number of sulfone groups is 1. The lowest BCUT2D eigenvalue weighted by molar-refractivity contribution is 0.209. The zero-order valence-electron chi connectivity index (χ0n) is 14.3. The Balaban J connectivity index is 1.54. The smallest absolute Gasteiger partial charge is 0.317 e. The number of likely N-dealkylation sites (tertiary alicyclic amines) is 1. The molecule has 1 fully saturated rings. The van der Waals surface area contributed by atoms with Crippen molar-refractivity contribution in [2.75, 3.05) is 19.6 Å². The van der Waals surface area contributed by atoms with Crippen molar-refractivity contribution in [1.82, 2.24) is 10.2 Å². The summed E-state index contributed by atoms with van der Waals surface area (Å²) in [7, 11) is -3.47. The zero-order chi connectivity index (χ0) is 18.6. The highest BCUT2D eigenvalue weighted by Gasteiger charge is 2.36. The first-order valence-electron chi connectivity index (χ1n) is 8.53. The van der Waals surface area contributed by atoms with E-state index in [9.17, 15) is 13.2 Å². The highest BCUT2D eigenvalue weighted by molar-refractivity contribution is 7.92. The Hall–Kier alpha value is -2.05. The Bertz CT molecular complexity index is 854. The average Bonchev–Trinajstić information content (AvgIpc) is 3.14. The van der Waals surface area contributed by atoms with Gasteiger partial charge in [0.05, 0.1) is 10.1 Å². The van der Waals surface area contributed by atoms with Gasteiger partial charge in [0.25, 0.3) is 0 Å². The minimum absolute atomic E-state index is 0.210. The number of benzene rings is 2. The summed E-state index contributed by atoms with van der Waals surface area (Å²) < 4.78 is 25.4. The average molecular weight is 393 g/mol. The lowest BCUT2D eigenvalue weighted by Crippen LogP contribution is -2.40. The van der Waals surface area contributed by atoms with Crippen LogP contribution in [0.25, 0.3) is 0 Å². The number of rotatable bonds is 5. The van der Waals surface area contributed by atoms with Crippen LogP contribution in [0.5, 0.6) is 0 Å². The first-order chi connectivity index (χ1) is 12.5. The Labute approximate surface area is 158 Å². The van der Waals surface area contributed by atoms with Crippen molar-refractivity contribution in [3.05, 3.63) is 65.2 Å². The van der Waals surface area contributed by atoms with Crippen LogP contribution in [-0.2, 0) is 16.3 Å². The molecule has 1 saturated heterocycles. The van der Waals surface area contributed by atoms with Crippen LogP contribution in [0, 0.1) is 0 Å². The molecule has 0 aromatic heterocycles. The van der Waals surface area contributed by atoms with E-state index in [1.165, 1.54) is 12.1 Å². The molecule has 26 heavy (non-hydrogen) atoms.